The van der Waals surface area contributed by atoms with Crippen LogP contribution in [0.5, 0.6) is 0 Å². The molecular formula is C16H21N7O2S. The summed E-state index contributed by atoms with van der Waals surface area (Å²) in [5, 5.41) is 16.8. The molecule has 4 N–H and O–H groups in total. The first-order valence-electron chi connectivity index (χ1n) is 8.53. The van der Waals surface area contributed by atoms with Crippen molar-refractivity contribution >= 4 is 23.6 Å². The predicted octanol–water partition coefficient (Wildman–Crippen LogP) is 0.0230. The van der Waals surface area contributed by atoms with E-state index in [1.807, 2.05) is 32.1 Å². The standard InChI is InChI=1S/C16H21N7O2S/c1-16(2)11(12-19-21-22-20-12)23-14(25)10(15(23)26-16)18-13(24)9(17)8-6-4-3-5-7-8/h3-4,7,9-11,15H,5-6,17H2,1-2H3,(H,18,24)(H,19,20,21,22)/t9?,10?,11?,15-/m1/s1. The fraction of sp³-hybridized carbons (Fsp3) is 0.562. The molecule has 3 heterocycles. The number of H-pyrrole nitrogens is 1. The number of nitrogens with zero attached hydrogens (tertiary/aromatic N) is 4. The van der Waals surface area contributed by atoms with Crippen molar-refractivity contribution in [3.8, 4) is 0 Å². The van der Waals surface area contributed by atoms with Gasteiger partial charge in [0, 0.05) is 4.75 Å². The second-order valence-electron chi connectivity index (χ2n) is 7.18. The summed E-state index contributed by atoms with van der Waals surface area (Å²) >= 11 is 1.63. The molecule has 2 saturated heterocycles. The zero-order valence-corrected chi connectivity index (χ0v) is 15.4. The number of nitrogens with one attached hydrogen (secondary N) is 2. The first kappa shape index (κ1) is 17.2. The van der Waals surface area contributed by atoms with Crippen LogP contribution in [0.3, 0.4) is 0 Å². The normalized spacial score (nSPS) is 30.4. The molecule has 138 valence electrons. The number of aromatic amines is 1. The van der Waals surface area contributed by atoms with Crippen molar-refractivity contribution < 1.29 is 9.59 Å². The summed E-state index contributed by atoms with van der Waals surface area (Å²) in [6.07, 6.45) is 7.47. The van der Waals surface area contributed by atoms with Gasteiger partial charge >= 0.3 is 0 Å². The lowest BCUT2D eigenvalue weighted by Gasteiger charge is -2.44. The Morgan fingerprint density at radius 1 is 1.50 bits per heavy atom. The van der Waals surface area contributed by atoms with Gasteiger partial charge in [-0.3, -0.25) is 9.59 Å². The molecule has 4 rings (SSSR count). The van der Waals surface area contributed by atoms with Gasteiger partial charge in [0.25, 0.3) is 0 Å². The topological polar surface area (TPSA) is 130 Å². The van der Waals surface area contributed by atoms with Crippen LogP contribution in [0.4, 0.5) is 0 Å². The number of β-lactam (4-membered cyclic amide) rings is 1. The van der Waals surface area contributed by atoms with Crippen molar-refractivity contribution in [1.29, 1.82) is 0 Å². The fourth-order valence-corrected chi connectivity index (χ4v) is 5.36. The number of hydrogen-bond acceptors (Lipinski definition) is 7. The molecule has 2 fully saturated rings. The van der Waals surface area contributed by atoms with Crippen LogP contribution in [0.2, 0.25) is 0 Å². The number of thioether (sulfide) groups is 1. The van der Waals surface area contributed by atoms with Crippen molar-refractivity contribution in [2.24, 2.45) is 5.73 Å². The number of hydrogen-bond donors (Lipinski definition) is 3. The first-order chi connectivity index (χ1) is 12.4. The number of tetrazole rings is 1. The lowest BCUT2D eigenvalue weighted by atomic mass is 9.94. The first-order valence-corrected chi connectivity index (χ1v) is 9.41. The SMILES string of the molecule is CC1(C)S[C@@H]2C(NC(=O)C(N)C3=CCC=CC3)C(=O)N2C1c1nn[nH]n1. The molecule has 3 unspecified atom stereocenters. The van der Waals surface area contributed by atoms with E-state index in [-0.39, 0.29) is 28.0 Å². The van der Waals surface area contributed by atoms with Crippen molar-refractivity contribution in [3.05, 3.63) is 29.6 Å². The fourth-order valence-electron chi connectivity index (χ4n) is 3.73. The number of carbonyl (C=O) groups excluding carboxylic acids is 2. The third-order valence-electron chi connectivity index (χ3n) is 5.06. The number of fused-ring (bicyclic) bond motifs is 1. The summed E-state index contributed by atoms with van der Waals surface area (Å²) in [5.41, 5.74) is 6.97. The summed E-state index contributed by atoms with van der Waals surface area (Å²) in [5.74, 6) is 0.0332. The van der Waals surface area contributed by atoms with E-state index in [0.29, 0.717) is 12.2 Å². The Hall–Kier alpha value is -2.20. The second-order valence-corrected chi connectivity index (χ2v) is 8.95. The van der Waals surface area contributed by atoms with E-state index in [0.717, 1.165) is 12.0 Å². The molecule has 0 radical (unpaired) electrons. The van der Waals surface area contributed by atoms with E-state index in [4.69, 9.17) is 5.73 Å². The van der Waals surface area contributed by atoms with Crippen LogP contribution < -0.4 is 11.1 Å². The minimum Gasteiger partial charge on any atom is -0.340 e. The Kier molecular flexibility index (Phi) is 4.11. The quantitative estimate of drug-likeness (QED) is 0.500. The maximum atomic E-state index is 12.7. The molecule has 1 aromatic rings. The van der Waals surface area contributed by atoms with Gasteiger partial charge in [0.05, 0.1) is 0 Å². The van der Waals surface area contributed by atoms with Gasteiger partial charge in [-0.15, -0.1) is 22.0 Å². The lowest BCUT2D eigenvalue weighted by molar-refractivity contribution is -0.151. The molecule has 1 aliphatic carbocycles. The van der Waals surface area contributed by atoms with E-state index in [2.05, 4.69) is 25.9 Å². The number of nitrogens with two attached hydrogens (primary N) is 1. The molecule has 0 spiro atoms. The van der Waals surface area contributed by atoms with E-state index in [1.165, 1.54) is 0 Å². The summed E-state index contributed by atoms with van der Waals surface area (Å²) in [6.45, 7) is 4.07. The minimum atomic E-state index is -0.728. The predicted molar refractivity (Wildman–Crippen MR) is 95.6 cm³/mol. The largest absolute Gasteiger partial charge is 0.340 e. The summed E-state index contributed by atoms with van der Waals surface area (Å²) in [7, 11) is 0. The van der Waals surface area contributed by atoms with Crippen LogP contribution in [0, 0.1) is 0 Å². The van der Waals surface area contributed by atoms with Gasteiger partial charge in [0.2, 0.25) is 11.8 Å². The molecular weight excluding hydrogens is 354 g/mol. The number of rotatable bonds is 4. The molecule has 0 bridgehead atoms. The molecule has 2 amide bonds. The van der Waals surface area contributed by atoms with Gasteiger partial charge in [-0.25, -0.2) is 0 Å². The van der Waals surface area contributed by atoms with Gasteiger partial charge in [-0.05, 0) is 32.3 Å². The maximum Gasteiger partial charge on any atom is 0.249 e. The van der Waals surface area contributed by atoms with Crippen LogP contribution in [0.15, 0.2) is 23.8 Å². The highest BCUT2D eigenvalue weighted by atomic mass is 32.2. The van der Waals surface area contributed by atoms with Crippen LogP contribution in [-0.2, 0) is 9.59 Å². The zero-order valence-electron chi connectivity index (χ0n) is 14.5. The smallest absolute Gasteiger partial charge is 0.249 e. The Bertz CT molecular complexity index is 789. The highest BCUT2D eigenvalue weighted by molar-refractivity contribution is 8.01. The summed E-state index contributed by atoms with van der Waals surface area (Å²) in [6, 6.07) is -1.58. The Balaban J connectivity index is 1.47. The number of aromatic nitrogens is 4. The highest BCUT2D eigenvalue weighted by Crippen LogP contribution is 2.56. The molecule has 10 heteroatoms. The van der Waals surface area contributed by atoms with Crippen molar-refractivity contribution in [2.45, 2.75) is 54.9 Å². The Labute approximate surface area is 154 Å². The van der Waals surface area contributed by atoms with Crippen molar-refractivity contribution in [1.82, 2.24) is 30.8 Å². The van der Waals surface area contributed by atoms with Gasteiger partial charge in [-0.1, -0.05) is 23.4 Å². The van der Waals surface area contributed by atoms with E-state index in [1.54, 1.807) is 16.7 Å². The number of allylic oxidation sites excluding steroid dienone is 3. The van der Waals surface area contributed by atoms with Crippen molar-refractivity contribution in [2.75, 3.05) is 0 Å². The highest BCUT2D eigenvalue weighted by Gasteiger charge is 2.63. The molecule has 26 heavy (non-hydrogen) atoms. The molecule has 9 nitrogen and oxygen atoms in total. The van der Waals surface area contributed by atoms with Gasteiger partial charge < -0.3 is 16.0 Å². The van der Waals surface area contributed by atoms with Gasteiger partial charge in [0.1, 0.15) is 23.5 Å². The summed E-state index contributed by atoms with van der Waals surface area (Å²) in [4.78, 5) is 27.0. The lowest BCUT2D eigenvalue weighted by Crippen LogP contribution is -2.69. The molecule has 1 aromatic heterocycles. The minimum absolute atomic E-state index is 0.138. The number of amides is 2. The maximum absolute atomic E-state index is 12.7. The van der Waals surface area contributed by atoms with Crippen molar-refractivity contribution in [3.63, 3.8) is 0 Å². The Morgan fingerprint density at radius 2 is 2.31 bits per heavy atom. The third-order valence-corrected chi connectivity index (χ3v) is 6.63. The average molecular weight is 375 g/mol. The van der Waals surface area contributed by atoms with Crippen LogP contribution in [-0.4, -0.2) is 59.5 Å². The van der Waals surface area contributed by atoms with Crippen LogP contribution >= 0.6 is 11.8 Å². The second kappa shape index (κ2) is 6.20. The van der Waals surface area contributed by atoms with Gasteiger partial charge in [-0.2, -0.15) is 5.21 Å². The average Bonchev–Trinajstić information content (AvgIpc) is 3.23. The van der Waals surface area contributed by atoms with Crippen LogP contribution in [0.1, 0.15) is 38.6 Å². The third kappa shape index (κ3) is 2.64. The van der Waals surface area contributed by atoms with Gasteiger partial charge in [0.15, 0.2) is 5.82 Å². The molecule has 4 atom stereocenters. The molecule has 0 aromatic carbocycles. The van der Waals surface area contributed by atoms with E-state index in [9.17, 15) is 9.59 Å². The van der Waals surface area contributed by atoms with E-state index >= 15 is 0 Å². The summed E-state index contributed by atoms with van der Waals surface area (Å²) < 4.78 is -0.289. The number of carbonyl (C=O) groups is 2. The molecule has 0 saturated carbocycles. The Morgan fingerprint density at radius 3 is 2.96 bits per heavy atom. The van der Waals surface area contributed by atoms with Crippen LogP contribution in [0.25, 0.3) is 0 Å². The molecule has 2 aliphatic heterocycles. The molecule has 3 aliphatic rings. The monoisotopic (exact) mass is 375 g/mol. The zero-order chi connectivity index (χ0) is 18.5. The van der Waals surface area contributed by atoms with E-state index < -0.39 is 12.1 Å².